The molecule has 1 aliphatic rings. The number of amides is 2. The lowest BCUT2D eigenvalue weighted by atomic mass is 9.83. The second-order valence-corrected chi connectivity index (χ2v) is 13.4. The average molecular weight is 674 g/mol. The Bertz CT molecular complexity index is 1520. The van der Waals surface area contributed by atoms with Gasteiger partial charge < -0.3 is 25.4 Å². The molecule has 0 spiro atoms. The number of nitrogens with one attached hydrogen (secondary N) is 1. The van der Waals surface area contributed by atoms with Crippen molar-refractivity contribution in [3.8, 4) is 0 Å². The Balaban J connectivity index is 1.48. The minimum atomic E-state index is -0.912. The Hall–Kier alpha value is -3.98. The molecule has 2 amide bonds. The fraction of sp³-hybridized carbons (Fsp3) is 0.410. The van der Waals surface area contributed by atoms with Crippen LogP contribution in [-0.4, -0.2) is 60.1 Å². The van der Waals surface area contributed by atoms with Crippen LogP contribution in [0.2, 0.25) is 5.02 Å². The predicted molar refractivity (Wildman–Crippen MR) is 189 cm³/mol. The molecular formula is C39H48ClN3O5. The summed E-state index contributed by atoms with van der Waals surface area (Å²) in [4.78, 5) is 41.4. The summed E-state index contributed by atoms with van der Waals surface area (Å²) in [5.41, 5.74) is 8.35. The van der Waals surface area contributed by atoms with Crippen molar-refractivity contribution in [3.05, 3.63) is 119 Å². The lowest BCUT2D eigenvalue weighted by Crippen LogP contribution is -2.57. The predicted octanol–water partition coefficient (Wildman–Crippen LogP) is 6.05. The van der Waals surface area contributed by atoms with E-state index in [0.29, 0.717) is 31.0 Å². The van der Waals surface area contributed by atoms with E-state index in [1.165, 1.54) is 0 Å². The maximum absolute atomic E-state index is 14.1. The van der Waals surface area contributed by atoms with Crippen LogP contribution in [0.15, 0.2) is 97.1 Å². The van der Waals surface area contributed by atoms with Crippen molar-refractivity contribution < 1.29 is 23.9 Å². The molecule has 9 heteroatoms. The SMILES string of the molecule is C[C@H](N)C(=O)N[C@H](C(=O)N1CCCC1/C=C/[C@](C)(COC(=O)CCc1ccccc1)Cc1cccc(Cl)c1)[C@@H](C)OCc1ccccc1. The van der Waals surface area contributed by atoms with E-state index >= 15 is 0 Å². The van der Waals surface area contributed by atoms with Gasteiger partial charge in [-0.3, -0.25) is 14.4 Å². The summed E-state index contributed by atoms with van der Waals surface area (Å²) in [6, 6.07) is 25.3. The maximum atomic E-state index is 14.1. The number of nitrogens with two attached hydrogens (primary N) is 1. The Morgan fingerprint density at radius 1 is 1.00 bits per heavy atom. The highest BCUT2D eigenvalue weighted by molar-refractivity contribution is 6.30. The van der Waals surface area contributed by atoms with Gasteiger partial charge in [-0.05, 0) is 68.4 Å². The topological polar surface area (TPSA) is 111 Å². The fourth-order valence-corrected chi connectivity index (χ4v) is 6.04. The Labute approximate surface area is 289 Å². The smallest absolute Gasteiger partial charge is 0.306 e. The van der Waals surface area contributed by atoms with Crippen molar-refractivity contribution in [3.63, 3.8) is 0 Å². The lowest BCUT2D eigenvalue weighted by molar-refractivity contribution is -0.146. The van der Waals surface area contributed by atoms with Gasteiger partial charge in [0.05, 0.1) is 24.8 Å². The zero-order valence-electron chi connectivity index (χ0n) is 28.1. The van der Waals surface area contributed by atoms with Gasteiger partial charge in [0.15, 0.2) is 0 Å². The number of hydrogen-bond donors (Lipinski definition) is 2. The zero-order valence-corrected chi connectivity index (χ0v) is 28.9. The first-order valence-corrected chi connectivity index (χ1v) is 17.1. The quantitative estimate of drug-likeness (QED) is 0.142. The third kappa shape index (κ3) is 11.3. The van der Waals surface area contributed by atoms with Crippen LogP contribution in [0, 0.1) is 5.41 Å². The summed E-state index contributed by atoms with van der Waals surface area (Å²) < 4.78 is 11.9. The van der Waals surface area contributed by atoms with E-state index in [1.54, 1.807) is 18.7 Å². The average Bonchev–Trinajstić information content (AvgIpc) is 3.56. The third-order valence-electron chi connectivity index (χ3n) is 8.63. The van der Waals surface area contributed by atoms with Crippen molar-refractivity contribution in [2.45, 2.75) is 83.7 Å². The van der Waals surface area contributed by atoms with Crippen LogP contribution < -0.4 is 11.1 Å². The van der Waals surface area contributed by atoms with Crippen molar-refractivity contribution in [2.24, 2.45) is 11.1 Å². The number of aryl methyl sites for hydroxylation is 1. The second-order valence-electron chi connectivity index (χ2n) is 13.0. The Morgan fingerprint density at radius 2 is 1.67 bits per heavy atom. The van der Waals surface area contributed by atoms with Gasteiger partial charge in [0.1, 0.15) is 12.6 Å². The summed E-state index contributed by atoms with van der Waals surface area (Å²) in [6.45, 7) is 6.44. The van der Waals surface area contributed by atoms with E-state index in [1.807, 2.05) is 97.9 Å². The number of hydrogen-bond acceptors (Lipinski definition) is 6. The number of halogens is 1. The Morgan fingerprint density at radius 3 is 2.33 bits per heavy atom. The molecule has 3 N–H and O–H groups in total. The van der Waals surface area contributed by atoms with Crippen LogP contribution in [0.5, 0.6) is 0 Å². The third-order valence-corrected chi connectivity index (χ3v) is 8.86. The number of benzene rings is 3. The molecule has 5 atom stereocenters. The summed E-state index contributed by atoms with van der Waals surface area (Å²) >= 11 is 6.31. The van der Waals surface area contributed by atoms with Gasteiger partial charge >= 0.3 is 5.97 Å². The van der Waals surface area contributed by atoms with Crippen molar-refractivity contribution in [1.82, 2.24) is 10.2 Å². The molecule has 8 nitrogen and oxygen atoms in total. The minimum Gasteiger partial charge on any atom is -0.465 e. The number of likely N-dealkylation sites (tertiary alicyclic amines) is 1. The van der Waals surface area contributed by atoms with Gasteiger partial charge in [-0.2, -0.15) is 0 Å². The summed E-state index contributed by atoms with van der Waals surface area (Å²) in [5, 5.41) is 3.48. The second kappa shape index (κ2) is 18.0. The van der Waals surface area contributed by atoms with E-state index in [-0.39, 0.29) is 30.9 Å². The van der Waals surface area contributed by atoms with E-state index in [9.17, 15) is 14.4 Å². The van der Waals surface area contributed by atoms with Crippen LogP contribution in [0.3, 0.4) is 0 Å². The van der Waals surface area contributed by atoms with Crippen LogP contribution >= 0.6 is 11.6 Å². The molecule has 1 saturated heterocycles. The minimum absolute atomic E-state index is 0.168. The fourth-order valence-electron chi connectivity index (χ4n) is 5.83. The highest BCUT2D eigenvalue weighted by atomic mass is 35.5. The number of nitrogens with zero attached hydrogens (tertiary/aromatic N) is 1. The van der Waals surface area contributed by atoms with E-state index < -0.39 is 29.5 Å². The normalized spacial score (nSPS) is 17.8. The summed E-state index contributed by atoms with van der Waals surface area (Å²) in [6.07, 6.45) is 6.53. The van der Waals surface area contributed by atoms with Gasteiger partial charge in [-0.25, -0.2) is 0 Å². The lowest BCUT2D eigenvalue weighted by Gasteiger charge is -2.32. The molecule has 1 unspecified atom stereocenters. The van der Waals surface area contributed by atoms with Crippen LogP contribution in [0.1, 0.15) is 56.7 Å². The molecule has 0 saturated carbocycles. The number of carbonyl (C=O) groups excluding carboxylic acids is 3. The first-order valence-electron chi connectivity index (χ1n) is 16.7. The van der Waals surface area contributed by atoms with Crippen molar-refractivity contribution >= 4 is 29.4 Å². The van der Waals surface area contributed by atoms with Crippen LogP contribution in [-0.2, 0) is 43.3 Å². The number of carbonyl (C=O) groups is 3. The molecule has 3 aromatic carbocycles. The standard InChI is InChI=1S/C39H48ClN3O5/c1-28(41)37(45)42-36(29(2)47-26-31-14-8-5-9-15-31)38(46)43-23-11-18-34(43)21-22-39(3,25-32-16-10-17-33(40)24-32)27-48-35(44)20-19-30-12-6-4-7-13-30/h4-10,12-17,21-22,24,28-29,34,36H,11,18-20,23,25-27,41H2,1-3H3,(H,42,45)/b22-21+/t28-,29+,34?,36-,39-/m0/s1. The highest BCUT2D eigenvalue weighted by Gasteiger charge is 2.37. The van der Waals surface area contributed by atoms with Gasteiger partial charge in [0.25, 0.3) is 0 Å². The van der Waals surface area contributed by atoms with Gasteiger partial charge in [0.2, 0.25) is 11.8 Å². The molecule has 3 aromatic rings. The molecule has 256 valence electrons. The summed E-state index contributed by atoms with van der Waals surface area (Å²) in [5.74, 6) is -0.905. The molecule has 4 rings (SSSR count). The maximum Gasteiger partial charge on any atom is 0.306 e. The molecule has 0 radical (unpaired) electrons. The van der Waals surface area contributed by atoms with Crippen molar-refractivity contribution in [1.29, 1.82) is 0 Å². The largest absolute Gasteiger partial charge is 0.465 e. The molecule has 1 heterocycles. The van der Waals surface area contributed by atoms with Crippen LogP contribution in [0.25, 0.3) is 0 Å². The van der Waals surface area contributed by atoms with E-state index in [2.05, 4.69) is 11.4 Å². The van der Waals surface area contributed by atoms with Crippen LogP contribution in [0.4, 0.5) is 0 Å². The van der Waals surface area contributed by atoms with Gasteiger partial charge in [0, 0.05) is 23.4 Å². The Kier molecular flexibility index (Phi) is 13.8. The van der Waals surface area contributed by atoms with E-state index in [0.717, 1.165) is 29.5 Å². The molecule has 48 heavy (non-hydrogen) atoms. The number of rotatable bonds is 16. The molecule has 1 fully saturated rings. The first kappa shape index (κ1) is 36.8. The summed E-state index contributed by atoms with van der Waals surface area (Å²) in [7, 11) is 0. The highest BCUT2D eigenvalue weighted by Crippen LogP contribution is 2.29. The van der Waals surface area contributed by atoms with Gasteiger partial charge in [-0.1, -0.05) is 103 Å². The zero-order chi connectivity index (χ0) is 34.5. The molecule has 1 aliphatic heterocycles. The number of ether oxygens (including phenoxy) is 2. The van der Waals surface area contributed by atoms with Crippen molar-refractivity contribution in [2.75, 3.05) is 13.2 Å². The molecule has 0 aromatic heterocycles. The monoisotopic (exact) mass is 673 g/mol. The molecule has 0 bridgehead atoms. The first-order chi connectivity index (χ1) is 23.0. The van der Waals surface area contributed by atoms with E-state index in [4.69, 9.17) is 26.8 Å². The molecule has 0 aliphatic carbocycles. The molecular weight excluding hydrogens is 626 g/mol. The van der Waals surface area contributed by atoms with Gasteiger partial charge in [-0.15, -0.1) is 0 Å². The number of esters is 1.